The Kier molecular flexibility index (Phi) is 6.56. The molecule has 1 unspecified atom stereocenters. The fraction of sp³-hybridized carbons (Fsp3) is 0.121. The van der Waals surface area contributed by atoms with Crippen LogP contribution in [0.15, 0.2) is 108 Å². The van der Waals surface area contributed by atoms with E-state index in [-0.39, 0.29) is 51.1 Å². The molecule has 0 saturated heterocycles. The van der Waals surface area contributed by atoms with E-state index in [9.17, 15) is 18.0 Å². The van der Waals surface area contributed by atoms with Gasteiger partial charge in [-0.3, -0.25) is 14.7 Å². The van der Waals surface area contributed by atoms with Crippen molar-refractivity contribution in [3.8, 4) is 5.75 Å². The van der Waals surface area contributed by atoms with E-state index in [1.54, 1.807) is 48.5 Å². The van der Waals surface area contributed by atoms with Crippen molar-refractivity contribution in [1.82, 2.24) is 9.88 Å². The van der Waals surface area contributed by atoms with Gasteiger partial charge in [0, 0.05) is 35.3 Å². The molecule has 2 aliphatic rings. The molecule has 0 radical (unpaired) electrons. The van der Waals surface area contributed by atoms with E-state index >= 15 is 0 Å². The Balaban J connectivity index is 1.44. The van der Waals surface area contributed by atoms with Gasteiger partial charge in [-0.05, 0) is 47.5 Å². The highest BCUT2D eigenvalue weighted by Crippen LogP contribution is 2.52. The lowest BCUT2D eigenvalue weighted by Gasteiger charge is -2.32. The van der Waals surface area contributed by atoms with E-state index in [0.29, 0.717) is 9.69 Å². The van der Waals surface area contributed by atoms with Gasteiger partial charge in [0.15, 0.2) is 0 Å². The van der Waals surface area contributed by atoms with E-state index < -0.39 is 27.6 Å². The second kappa shape index (κ2) is 10.4. The number of methoxy groups -OCH3 is 1. The van der Waals surface area contributed by atoms with Gasteiger partial charge < -0.3 is 9.47 Å². The van der Waals surface area contributed by atoms with Crippen LogP contribution in [0, 0.1) is 0 Å². The summed E-state index contributed by atoms with van der Waals surface area (Å²) in [5.74, 6) is -0.798. The van der Waals surface area contributed by atoms with Gasteiger partial charge in [0.1, 0.15) is 10.6 Å². The Morgan fingerprint density at radius 2 is 1.59 bits per heavy atom. The van der Waals surface area contributed by atoms with Crippen molar-refractivity contribution in [2.45, 2.75) is 23.6 Å². The van der Waals surface area contributed by atoms with E-state index in [2.05, 4.69) is 4.98 Å². The second-order valence-corrected chi connectivity index (χ2v) is 12.6. The lowest BCUT2D eigenvalue weighted by Crippen LogP contribution is -2.48. The number of rotatable bonds is 5. The average molecular weight is 626 g/mol. The molecule has 2 aliphatic heterocycles. The van der Waals surface area contributed by atoms with E-state index in [1.165, 1.54) is 42.5 Å². The van der Waals surface area contributed by atoms with Crippen LogP contribution in [-0.4, -0.2) is 37.4 Å². The van der Waals surface area contributed by atoms with Gasteiger partial charge >= 0.3 is 6.09 Å². The van der Waals surface area contributed by atoms with Crippen molar-refractivity contribution >= 4 is 50.2 Å². The minimum Gasteiger partial charge on any atom is -0.496 e. The average Bonchev–Trinajstić information content (AvgIpc) is 3.58. The number of amides is 2. The number of sulfonamides is 1. The summed E-state index contributed by atoms with van der Waals surface area (Å²) in [6.45, 7) is 0.522. The van der Waals surface area contributed by atoms with Gasteiger partial charge in [0.05, 0.1) is 23.9 Å². The molecule has 1 atom stereocenters. The minimum absolute atomic E-state index is 0.00394. The van der Waals surface area contributed by atoms with Gasteiger partial charge in [-0.25, -0.2) is 13.2 Å². The Bertz CT molecular complexity index is 2070. The van der Waals surface area contributed by atoms with Gasteiger partial charge in [-0.15, -0.1) is 0 Å². The molecule has 0 bridgehead atoms. The molecule has 0 spiro atoms. The second-order valence-electron chi connectivity index (χ2n) is 10.4. The van der Waals surface area contributed by atoms with Crippen LogP contribution < -0.4 is 9.04 Å². The molecule has 9 nitrogen and oxygen atoms in total. The lowest BCUT2D eigenvalue weighted by atomic mass is 9.86. The molecule has 0 N–H and O–H groups in total. The van der Waals surface area contributed by atoms with Crippen LogP contribution >= 0.6 is 11.6 Å². The number of anilines is 1. The molecule has 3 heterocycles. The molecule has 0 saturated carbocycles. The van der Waals surface area contributed by atoms with Crippen molar-refractivity contribution in [1.29, 1.82) is 0 Å². The SMILES string of the molecule is COc1ccccc1C1(OC(=O)N2Cc3ccccc3C2)C(=O)N(S(=O)(=O)c2cccc3cccnc23)c2ccc(Cl)cc21. The van der Waals surface area contributed by atoms with Gasteiger partial charge in [0.25, 0.3) is 15.9 Å². The normalized spacial score (nSPS) is 17.5. The predicted molar refractivity (Wildman–Crippen MR) is 164 cm³/mol. The number of carbonyl (C=O) groups is 2. The zero-order chi connectivity index (χ0) is 30.6. The highest BCUT2D eigenvalue weighted by atomic mass is 35.5. The number of halogens is 1. The van der Waals surface area contributed by atoms with Gasteiger partial charge in [-0.1, -0.05) is 72.3 Å². The maximum atomic E-state index is 14.9. The zero-order valence-electron chi connectivity index (χ0n) is 23.3. The fourth-order valence-electron chi connectivity index (χ4n) is 5.96. The number of para-hydroxylation sites is 2. The molecule has 2 amide bonds. The molecule has 4 aromatic carbocycles. The summed E-state index contributed by atoms with van der Waals surface area (Å²) in [4.78, 5) is 34.5. The number of hydrogen-bond donors (Lipinski definition) is 0. The summed E-state index contributed by atoms with van der Waals surface area (Å²) in [7, 11) is -3.19. The topological polar surface area (TPSA) is 106 Å². The Morgan fingerprint density at radius 3 is 2.34 bits per heavy atom. The number of benzene rings is 4. The van der Waals surface area contributed by atoms with Crippen molar-refractivity contribution in [2.75, 3.05) is 11.4 Å². The number of fused-ring (bicyclic) bond motifs is 3. The molecule has 44 heavy (non-hydrogen) atoms. The Hall–Kier alpha value is -4.93. The monoisotopic (exact) mass is 625 g/mol. The summed E-state index contributed by atoms with van der Waals surface area (Å²) in [6, 6.07) is 26.6. The van der Waals surface area contributed by atoms with Gasteiger partial charge in [0.2, 0.25) is 5.60 Å². The highest BCUT2D eigenvalue weighted by molar-refractivity contribution is 7.93. The number of aromatic nitrogens is 1. The first-order valence-corrected chi connectivity index (χ1v) is 15.5. The lowest BCUT2D eigenvalue weighted by molar-refractivity contribution is -0.132. The third-order valence-electron chi connectivity index (χ3n) is 7.98. The first-order valence-electron chi connectivity index (χ1n) is 13.7. The number of nitrogens with zero attached hydrogens (tertiary/aromatic N) is 3. The molecule has 220 valence electrons. The molecule has 5 aromatic rings. The Morgan fingerprint density at radius 1 is 0.886 bits per heavy atom. The third kappa shape index (κ3) is 4.13. The smallest absolute Gasteiger partial charge is 0.412 e. The minimum atomic E-state index is -4.61. The quantitative estimate of drug-likeness (QED) is 0.235. The molecule has 11 heteroatoms. The Labute approximate surface area is 258 Å². The standard InChI is InChI=1S/C33H24ClN3O6S/c1-42-28-13-5-4-12-25(28)33(43-32(39)36-19-22-8-2-3-9-23(22)20-36)26-18-24(34)15-16-27(26)37(31(33)38)44(40,41)29-14-6-10-21-11-7-17-35-30(21)29/h2-18H,19-20H2,1H3. The first-order chi connectivity index (χ1) is 21.3. The largest absolute Gasteiger partial charge is 0.496 e. The van der Waals surface area contributed by atoms with E-state index in [1.807, 2.05) is 24.3 Å². The van der Waals surface area contributed by atoms with Crippen LogP contribution in [0.2, 0.25) is 5.02 Å². The van der Waals surface area contributed by atoms with Crippen LogP contribution in [0.25, 0.3) is 10.9 Å². The fourth-order valence-corrected chi connectivity index (χ4v) is 7.76. The van der Waals surface area contributed by atoms with Crippen LogP contribution in [-0.2, 0) is 38.2 Å². The van der Waals surface area contributed by atoms with Gasteiger partial charge in [-0.2, -0.15) is 4.31 Å². The number of hydrogen-bond acceptors (Lipinski definition) is 7. The summed E-state index contributed by atoms with van der Waals surface area (Å²) >= 11 is 6.47. The van der Waals surface area contributed by atoms with E-state index in [0.717, 1.165) is 11.1 Å². The highest BCUT2D eigenvalue weighted by Gasteiger charge is 2.61. The molecule has 1 aromatic heterocycles. The predicted octanol–water partition coefficient (Wildman–Crippen LogP) is 6.03. The molecule has 7 rings (SSSR count). The number of ether oxygens (including phenoxy) is 2. The first kappa shape index (κ1) is 27.9. The zero-order valence-corrected chi connectivity index (χ0v) is 24.9. The van der Waals surface area contributed by atoms with E-state index in [4.69, 9.17) is 21.1 Å². The van der Waals surface area contributed by atoms with Crippen LogP contribution in [0.1, 0.15) is 22.3 Å². The summed E-state index contributed by atoms with van der Waals surface area (Å²) in [5.41, 5.74) is 0.0603. The summed E-state index contributed by atoms with van der Waals surface area (Å²) in [6.07, 6.45) is 0.674. The van der Waals surface area contributed by atoms with Crippen molar-refractivity contribution in [3.63, 3.8) is 0 Å². The molecular formula is C33H24ClN3O6S. The van der Waals surface area contributed by atoms with Crippen LogP contribution in [0.4, 0.5) is 10.5 Å². The number of pyridine rings is 1. The maximum Gasteiger partial charge on any atom is 0.412 e. The maximum absolute atomic E-state index is 14.9. The molecule has 0 aliphatic carbocycles. The van der Waals surface area contributed by atoms with Crippen LogP contribution in [0.3, 0.4) is 0 Å². The summed E-state index contributed by atoms with van der Waals surface area (Å²) < 4.78 is 41.6. The molecule has 0 fully saturated rings. The third-order valence-corrected chi connectivity index (χ3v) is 9.95. The number of carbonyl (C=O) groups excluding carboxylic acids is 2. The van der Waals surface area contributed by atoms with Crippen molar-refractivity contribution in [3.05, 3.63) is 131 Å². The molecular weight excluding hydrogens is 602 g/mol. The van der Waals surface area contributed by atoms with Crippen molar-refractivity contribution < 1.29 is 27.5 Å². The summed E-state index contributed by atoms with van der Waals surface area (Å²) in [5, 5.41) is 0.791. The van der Waals surface area contributed by atoms with Crippen molar-refractivity contribution in [2.24, 2.45) is 0 Å². The van der Waals surface area contributed by atoms with Crippen LogP contribution in [0.5, 0.6) is 5.75 Å².